The maximum Gasteiger partial charge on any atom is 0.145 e. The summed E-state index contributed by atoms with van der Waals surface area (Å²) < 4.78 is 5.41. The monoisotopic (exact) mass is 207 g/mol. The Morgan fingerprint density at radius 2 is 2.20 bits per heavy atom. The van der Waals surface area contributed by atoms with Crippen LogP contribution in [0.5, 0.6) is 0 Å². The second kappa shape index (κ2) is 4.24. The van der Waals surface area contributed by atoms with Gasteiger partial charge in [-0.1, -0.05) is 0 Å². The van der Waals surface area contributed by atoms with Gasteiger partial charge in [-0.3, -0.25) is 0 Å². The fourth-order valence-corrected chi connectivity index (χ4v) is 1.79. The molecule has 0 spiro atoms. The summed E-state index contributed by atoms with van der Waals surface area (Å²) in [6.45, 7) is 5.53. The van der Waals surface area contributed by atoms with Gasteiger partial charge in [0.1, 0.15) is 5.82 Å². The van der Waals surface area contributed by atoms with Crippen molar-refractivity contribution in [3.05, 3.63) is 22.8 Å². The van der Waals surface area contributed by atoms with Gasteiger partial charge < -0.3 is 10.1 Å². The summed E-state index contributed by atoms with van der Waals surface area (Å²) in [4.78, 5) is 9.07. The van der Waals surface area contributed by atoms with Gasteiger partial charge in [-0.05, 0) is 32.9 Å². The molecule has 0 aromatic carbocycles. The molecule has 0 amide bonds. The minimum Gasteiger partial charge on any atom is -0.375 e. The molecule has 82 valence electrons. The van der Waals surface area contributed by atoms with Crippen molar-refractivity contribution >= 4 is 0 Å². The quantitative estimate of drug-likeness (QED) is 0.790. The van der Waals surface area contributed by atoms with Crippen molar-refractivity contribution < 1.29 is 4.74 Å². The van der Waals surface area contributed by atoms with Crippen LogP contribution in [0, 0.1) is 6.92 Å². The molecule has 1 unspecified atom stereocenters. The van der Waals surface area contributed by atoms with Gasteiger partial charge >= 0.3 is 0 Å². The molecular weight excluding hydrogens is 190 g/mol. The second-order valence-corrected chi connectivity index (χ2v) is 3.91. The Kier molecular flexibility index (Phi) is 2.98. The molecule has 1 aromatic rings. The summed E-state index contributed by atoms with van der Waals surface area (Å²) in [6.07, 6.45) is 0.940. The average molecular weight is 207 g/mol. The predicted octanol–water partition coefficient (Wildman–Crippen LogP) is 1.14. The van der Waals surface area contributed by atoms with Gasteiger partial charge in [0, 0.05) is 5.69 Å². The minimum atomic E-state index is 0.191. The molecule has 0 aliphatic carbocycles. The van der Waals surface area contributed by atoms with Gasteiger partial charge in [-0.15, -0.1) is 0 Å². The van der Waals surface area contributed by atoms with E-state index in [-0.39, 0.29) is 6.04 Å². The van der Waals surface area contributed by atoms with E-state index in [9.17, 15) is 0 Å². The lowest BCUT2D eigenvalue weighted by molar-refractivity contribution is 0.106. The lowest BCUT2D eigenvalue weighted by Gasteiger charge is -2.19. The zero-order valence-electron chi connectivity index (χ0n) is 9.50. The highest BCUT2D eigenvalue weighted by atomic mass is 16.5. The van der Waals surface area contributed by atoms with E-state index < -0.39 is 0 Å². The standard InChI is InChI=1S/C11H17N3O/c1-7-9-4-5-15-6-10(9)14-11(13-7)8(2)12-3/h8,12H,4-6H2,1-3H3. The van der Waals surface area contributed by atoms with E-state index in [1.54, 1.807) is 0 Å². The van der Waals surface area contributed by atoms with Crippen molar-refractivity contribution in [1.82, 2.24) is 15.3 Å². The van der Waals surface area contributed by atoms with E-state index in [2.05, 4.69) is 29.1 Å². The third-order valence-corrected chi connectivity index (χ3v) is 2.87. The van der Waals surface area contributed by atoms with E-state index in [4.69, 9.17) is 4.74 Å². The maximum atomic E-state index is 5.41. The van der Waals surface area contributed by atoms with Crippen molar-refractivity contribution in [2.75, 3.05) is 13.7 Å². The molecule has 1 aliphatic rings. The van der Waals surface area contributed by atoms with Gasteiger partial charge in [0.15, 0.2) is 0 Å². The Hall–Kier alpha value is -1.00. The van der Waals surface area contributed by atoms with Gasteiger partial charge in [0.05, 0.1) is 24.9 Å². The summed E-state index contributed by atoms with van der Waals surface area (Å²) in [5.41, 5.74) is 3.43. The largest absolute Gasteiger partial charge is 0.375 e. The predicted molar refractivity (Wildman–Crippen MR) is 57.6 cm³/mol. The lowest BCUT2D eigenvalue weighted by Crippen LogP contribution is -2.21. The van der Waals surface area contributed by atoms with E-state index in [1.807, 2.05) is 7.05 Å². The van der Waals surface area contributed by atoms with Crippen LogP contribution in [0.25, 0.3) is 0 Å². The van der Waals surface area contributed by atoms with Crippen LogP contribution in [0.2, 0.25) is 0 Å². The number of aromatic nitrogens is 2. The molecular formula is C11H17N3O. The summed E-state index contributed by atoms with van der Waals surface area (Å²) in [6, 6.07) is 0.191. The first kappa shape index (κ1) is 10.5. The molecule has 15 heavy (non-hydrogen) atoms. The minimum absolute atomic E-state index is 0.191. The fraction of sp³-hybridized carbons (Fsp3) is 0.636. The molecule has 0 fully saturated rings. The zero-order valence-corrected chi connectivity index (χ0v) is 9.50. The topological polar surface area (TPSA) is 47.0 Å². The van der Waals surface area contributed by atoms with Gasteiger partial charge in [0.25, 0.3) is 0 Å². The van der Waals surface area contributed by atoms with Crippen molar-refractivity contribution in [2.24, 2.45) is 0 Å². The molecule has 1 N–H and O–H groups in total. The first-order valence-corrected chi connectivity index (χ1v) is 5.33. The summed E-state index contributed by atoms with van der Waals surface area (Å²) >= 11 is 0. The first-order chi connectivity index (χ1) is 7.22. The molecule has 0 bridgehead atoms. The molecule has 2 heterocycles. The van der Waals surface area contributed by atoms with Crippen molar-refractivity contribution in [3.8, 4) is 0 Å². The van der Waals surface area contributed by atoms with Gasteiger partial charge in [0.2, 0.25) is 0 Å². The van der Waals surface area contributed by atoms with Crippen LogP contribution in [0.1, 0.15) is 35.7 Å². The molecule has 1 aromatic heterocycles. The van der Waals surface area contributed by atoms with E-state index in [0.29, 0.717) is 6.61 Å². The Morgan fingerprint density at radius 3 is 2.93 bits per heavy atom. The maximum absolute atomic E-state index is 5.41. The summed E-state index contributed by atoms with van der Waals surface area (Å²) in [5, 5.41) is 3.15. The normalized spacial score (nSPS) is 17.3. The third-order valence-electron chi connectivity index (χ3n) is 2.87. The summed E-state index contributed by atoms with van der Waals surface area (Å²) in [5.74, 6) is 0.860. The van der Waals surface area contributed by atoms with Crippen molar-refractivity contribution in [1.29, 1.82) is 0 Å². The van der Waals surface area contributed by atoms with Crippen LogP contribution < -0.4 is 5.32 Å². The highest BCUT2D eigenvalue weighted by molar-refractivity contribution is 5.27. The Morgan fingerprint density at radius 1 is 1.40 bits per heavy atom. The molecule has 0 radical (unpaired) electrons. The van der Waals surface area contributed by atoms with E-state index in [0.717, 1.165) is 30.2 Å². The number of rotatable bonds is 2. The van der Waals surface area contributed by atoms with Crippen LogP contribution >= 0.6 is 0 Å². The zero-order chi connectivity index (χ0) is 10.8. The number of nitrogens with zero attached hydrogens (tertiary/aromatic N) is 2. The lowest BCUT2D eigenvalue weighted by atomic mass is 10.1. The average Bonchev–Trinajstić information content (AvgIpc) is 2.28. The SMILES string of the molecule is CNC(C)c1nc(C)c2c(n1)COCC2. The molecule has 0 saturated heterocycles. The van der Waals surface area contributed by atoms with E-state index >= 15 is 0 Å². The number of hydrogen-bond donors (Lipinski definition) is 1. The number of aryl methyl sites for hydroxylation is 1. The van der Waals surface area contributed by atoms with Crippen LogP contribution in [-0.4, -0.2) is 23.6 Å². The highest BCUT2D eigenvalue weighted by Crippen LogP contribution is 2.19. The Balaban J connectivity index is 2.40. The van der Waals surface area contributed by atoms with Gasteiger partial charge in [-0.2, -0.15) is 0 Å². The number of fused-ring (bicyclic) bond motifs is 1. The second-order valence-electron chi connectivity index (χ2n) is 3.91. The van der Waals surface area contributed by atoms with E-state index in [1.165, 1.54) is 5.56 Å². The molecule has 4 nitrogen and oxygen atoms in total. The first-order valence-electron chi connectivity index (χ1n) is 5.33. The van der Waals surface area contributed by atoms with Crippen LogP contribution in [0.3, 0.4) is 0 Å². The molecule has 0 saturated carbocycles. The van der Waals surface area contributed by atoms with Crippen LogP contribution in [0.4, 0.5) is 0 Å². The van der Waals surface area contributed by atoms with Crippen molar-refractivity contribution in [3.63, 3.8) is 0 Å². The molecule has 1 atom stereocenters. The summed E-state index contributed by atoms with van der Waals surface area (Å²) in [7, 11) is 1.92. The Labute approximate surface area is 90.1 Å². The Bertz CT molecular complexity index is 365. The third kappa shape index (κ3) is 2.01. The number of ether oxygens (including phenoxy) is 1. The fourth-order valence-electron chi connectivity index (χ4n) is 1.79. The number of hydrogen-bond acceptors (Lipinski definition) is 4. The molecule has 2 rings (SSSR count). The van der Waals surface area contributed by atoms with Crippen LogP contribution in [0.15, 0.2) is 0 Å². The number of nitrogens with one attached hydrogen (secondary N) is 1. The van der Waals surface area contributed by atoms with Crippen molar-refractivity contribution in [2.45, 2.75) is 32.9 Å². The molecule has 1 aliphatic heterocycles. The van der Waals surface area contributed by atoms with Crippen LogP contribution in [-0.2, 0) is 17.8 Å². The highest BCUT2D eigenvalue weighted by Gasteiger charge is 2.17. The van der Waals surface area contributed by atoms with Gasteiger partial charge in [-0.25, -0.2) is 9.97 Å². The molecule has 4 heteroatoms. The smallest absolute Gasteiger partial charge is 0.145 e.